The van der Waals surface area contributed by atoms with Gasteiger partial charge in [-0.3, -0.25) is 4.21 Å². The molecule has 0 unspecified atom stereocenters. The Hall–Kier alpha value is -0.500. The zero-order chi connectivity index (χ0) is 12.3. The third kappa shape index (κ3) is 3.04. The summed E-state index contributed by atoms with van der Waals surface area (Å²) in [6.07, 6.45) is 0. The van der Waals surface area contributed by atoms with Gasteiger partial charge in [0.2, 0.25) is 0 Å². The second kappa shape index (κ2) is 5.90. The minimum absolute atomic E-state index is 0.00384. The van der Waals surface area contributed by atoms with E-state index in [2.05, 4.69) is 9.88 Å². The van der Waals surface area contributed by atoms with Crippen LogP contribution in [0.25, 0.3) is 0 Å². The number of rotatable bonds is 4. The number of anilines is 1. The molecule has 0 amide bonds. The molecular weight excluding hydrogens is 260 g/mol. The van der Waals surface area contributed by atoms with Gasteiger partial charge in [-0.2, -0.15) is 0 Å². The maximum Gasteiger partial charge on any atom is 0.186 e. The molecule has 1 aliphatic heterocycles. The van der Waals surface area contributed by atoms with Gasteiger partial charge in [-0.05, 0) is 0 Å². The molecule has 0 spiro atoms. The van der Waals surface area contributed by atoms with E-state index in [0.29, 0.717) is 18.1 Å². The Morgan fingerprint density at radius 2 is 2.24 bits per heavy atom. The second-order valence-electron chi connectivity index (χ2n) is 3.79. The molecule has 1 aliphatic rings. The predicted octanol–water partition coefficient (Wildman–Crippen LogP) is 0.351. The molecule has 0 aromatic carbocycles. The molecule has 0 bridgehead atoms. The summed E-state index contributed by atoms with van der Waals surface area (Å²) in [4.78, 5) is 7.46. The molecule has 1 saturated heterocycles. The van der Waals surface area contributed by atoms with E-state index in [9.17, 15) is 9.32 Å². The number of nitrogens with zero attached hydrogens (tertiary/aromatic N) is 2. The number of aliphatic hydroxyl groups is 1. The Kier molecular flexibility index (Phi) is 4.49. The van der Waals surface area contributed by atoms with Crippen molar-refractivity contribution in [3.63, 3.8) is 0 Å². The van der Waals surface area contributed by atoms with Crippen LogP contribution in [0.15, 0.2) is 0 Å². The van der Waals surface area contributed by atoms with E-state index in [-0.39, 0.29) is 6.61 Å². The fraction of sp³-hybridized carbons (Fsp3) is 0.700. The van der Waals surface area contributed by atoms with Gasteiger partial charge >= 0.3 is 0 Å². The van der Waals surface area contributed by atoms with Crippen LogP contribution in [0.3, 0.4) is 0 Å². The quantitative estimate of drug-likeness (QED) is 0.860. The average Bonchev–Trinajstić information content (AvgIpc) is 2.74. The zero-order valence-electron chi connectivity index (χ0n) is 9.72. The molecule has 0 atom stereocenters. The summed E-state index contributed by atoms with van der Waals surface area (Å²) in [5.74, 6) is 1.40. The lowest BCUT2D eigenvalue weighted by Crippen LogP contribution is -2.37. The number of aromatic nitrogens is 1. The number of hydrogen-bond acceptors (Lipinski definition) is 6. The van der Waals surface area contributed by atoms with Gasteiger partial charge in [0.05, 0.1) is 23.8 Å². The van der Waals surface area contributed by atoms with Crippen molar-refractivity contribution in [2.24, 2.45) is 0 Å². The van der Waals surface area contributed by atoms with Gasteiger partial charge in [0.15, 0.2) is 5.13 Å². The number of ether oxygens (including phenoxy) is 1. The first-order chi connectivity index (χ1) is 8.24. The first kappa shape index (κ1) is 12.9. The minimum Gasteiger partial charge on any atom is -0.391 e. The van der Waals surface area contributed by atoms with Crippen molar-refractivity contribution in [1.82, 2.24) is 4.98 Å². The fourth-order valence-corrected chi connectivity index (χ4v) is 3.73. The lowest BCUT2D eigenvalue weighted by atomic mass is 10.4. The highest BCUT2D eigenvalue weighted by Crippen LogP contribution is 2.27. The molecule has 0 radical (unpaired) electrons. The molecule has 5 nitrogen and oxygen atoms in total. The van der Waals surface area contributed by atoms with E-state index in [1.807, 2.05) is 0 Å². The van der Waals surface area contributed by atoms with Gasteiger partial charge in [-0.25, -0.2) is 4.98 Å². The molecule has 0 saturated carbocycles. The molecule has 1 fully saturated rings. The molecule has 1 N–H and O–H groups in total. The molecule has 2 rings (SSSR count). The second-order valence-corrected chi connectivity index (χ2v) is 6.55. The van der Waals surface area contributed by atoms with Gasteiger partial charge in [0.25, 0.3) is 0 Å². The van der Waals surface area contributed by atoms with Crippen molar-refractivity contribution in [3.05, 3.63) is 10.6 Å². The number of thiazole rings is 1. The van der Waals surface area contributed by atoms with E-state index in [0.717, 1.165) is 28.8 Å². The van der Waals surface area contributed by atoms with Crippen LogP contribution < -0.4 is 4.90 Å². The third-order valence-corrected chi connectivity index (χ3v) is 5.06. The van der Waals surface area contributed by atoms with Gasteiger partial charge in [-0.15, -0.1) is 0 Å². The van der Waals surface area contributed by atoms with Crippen LogP contribution in [0.4, 0.5) is 5.13 Å². The number of aliphatic hydroxyl groups excluding tert-OH is 1. The molecule has 2 heterocycles. The Morgan fingerprint density at radius 1 is 1.53 bits per heavy atom. The average molecular weight is 276 g/mol. The molecule has 7 heteroatoms. The van der Waals surface area contributed by atoms with E-state index in [1.54, 1.807) is 7.11 Å². The molecule has 1 aromatic heterocycles. The molecular formula is C10H16N2O3S2. The van der Waals surface area contributed by atoms with E-state index in [1.165, 1.54) is 11.3 Å². The highest BCUT2D eigenvalue weighted by atomic mass is 32.2. The van der Waals surface area contributed by atoms with Crippen molar-refractivity contribution in [3.8, 4) is 0 Å². The first-order valence-electron chi connectivity index (χ1n) is 5.43. The summed E-state index contributed by atoms with van der Waals surface area (Å²) in [6, 6.07) is 0. The van der Waals surface area contributed by atoms with Crippen molar-refractivity contribution >= 4 is 27.3 Å². The van der Waals surface area contributed by atoms with Crippen molar-refractivity contribution < 1.29 is 14.1 Å². The normalized spacial score (nSPS) is 17.6. The Labute approximate surface area is 107 Å². The van der Waals surface area contributed by atoms with Gasteiger partial charge in [0, 0.05) is 42.5 Å². The highest BCUT2D eigenvalue weighted by molar-refractivity contribution is 7.85. The van der Waals surface area contributed by atoms with E-state index >= 15 is 0 Å². The molecule has 1 aromatic rings. The smallest absolute Gasteiger partial charge is 0.186 e. The van der Waals surface area contributed by atoms with Crippen LogP contribution in [-0.4, -0.2) is 46.0 Å². The zero-order valence-corrected chi connectivity index (χ0v) is 11.4. The number of methoxy groups -OCH3 is 1. The van der Waals surface area contributed by atoms with Crippen LogP contribution in [0, 0.1) is 0 Å². The van der Waals surface area contributed by atoms with Crippen molar-refractivity contribution in [2.45, 2.75) is 13.2 Å². The summed E-state index contributed by atoms with van der Waals surface area (Å²) >= 11 is 1.49. The lowest BCUT2D eigenvalue weighted by molar-refractivity contribution is 0.179. The van der Waals surface area contributed by atoms with E-state index in [4.69, 9.17) is 4.74 Å². The SMILES string of the molecule is COCc1nc(N2CCS(=O)CC2)sc1CO. The van der Waals surface area contributed by atoms with Gasteiger partial charge < -0.3 is 14.7 Å². The summed E-state index contributed by atoms with van der Waals surface area (Å²) in [5, 5.41) is 10.1. The molecule has 96 valence electrons. The summed E-state index contributed by atoms with van der Waals surface area (Å²) in [5.41, 5.74) is 0.807. The largest absolute Gasteiger partial charge is 0.391 e. The predicted molar refractivity (Wildman–Crippen MR) is 68.8 cm³/mol. The summed E-state index contributed by atoms with van der Waals surface area (Å²) in [7, 11) is 0.938. The highest BCUT2D eigenvalue weighted by Gasteiger charge is 2.20. The van der Waals surface area contributed by atoms with Gasteiger partial charge in [0.1, 0.15) is 0 Å². The Morgan fingerprint density at radius 3 is 2.82 bits per heavy atom. The maximum absolute atomic E-state index is 11.3. The molecule has 0 aliphatic carbocycles. The van der Waals surface area contributed by atoms with Crippen LogP contribution >= 0.6 is 11.3 Å². The van der Waals surface area contributed by atoms with Crippen molar-refractivity contribution in [1.29, 1.82) is 0 Å². The van der Waals surface area contributed by atoms with Crippen LogP contribution in [-0.2, 0) is 28.8 Å². The minimum atomic E-state index is -0.677. The third-order valence-electron chi connectivity index (χ3n) is 2.64. The standard InChI is InChI=1S/C10H16N2O3S2/c1-15-7-8-9(6-13)16-10(11-8)12-2-4-17(14)5-3-12/h13H,2-7H2,1H3. The Balaban J connectivity index is 2.12. The lowest BCUT2D eigenvalue weighted by Gasteiger charge is -2.25. The topological polar surface area (TPSA) is 62.7 Å². The summed E-state index contributed by atoms with van der Waals surface area (Å²) in [6.45, 7) is 1.97. The number of hydrogen-bond donors (Lipinski definition) is 1. The van der Waals surface area contributed by atoms with Crippen molar-refractivity contribution in [2.75, 3.05) is 36.6 Å². The fourth-order valence-electron chi connectivity index (χ4n) is 1.71. The van der Waals surface area contributed by atoms with Crippen LogP contribution in [0.2, 0.25) is 0 Å². The van der Waals surface area contributed by atoms with E-state index < -0.39 is 10.8 Å². The Bertz CT molecular complexity index is 398. The first-order valence-corrected chi connectivity index (χ1v) is 7.73. The molecule has 17 heavy (non-hydrogen) atoms. The van der Waals surface area contributed by atoms with Crippen LogP contribution in [0.1, 0.15) is 10.6 Å². The monoisotopic (exact) mass is 276 g/mol. The van der Waals surface area contributed by atoms with Crippen LogP contribution in [0.5, 0.6) is 0 Å². The maximum atomic E-state index is 11.3. The summed E-state index contributed by atoms with van der Waals surface area (Å²) < 4.78 is 16.3. The van der Waals surface area contributed by atoms with Gasteiger partial charge in [-0.1, -0.05) is 11.3 Å².